The summed E-state index contributed by atoms with van der Waals surface area (Å²) in [6, 6.07) is 13.8. The summed E-state index contributed by atoms with van der Waals surface area (Å²) in [4.78, 5) is 0. The van der Waals surface area contributed by atoms with Gasteiger partial charge < -0.3 is 9.47 Å². The maximum Gasteiger partial charge on any atom is 0.215 e. The van der Waals surface area contributed by atoms with Crippen LogP contribution < -0.4 is 14.2 Å². The standard InChI is InChI=1S/C16H18ClNO4S/c1-21-15-6-8-16(9-7-15)22-11-10-18-23(19,20)12-13-2-4-14(17)5-3-13/h2-9,18H,10-12H2,1H3. The number of methoxy groups -OCH3 is 1. The molecule has 0 aliphatic rings. The van der Waals surface area contributed by atoms with E-state index in [-0.39, 0.29) is 18.9 Å². The molecule has 0 heterocycles. The van der Waals surface area contributed by atoms with Crippen LogP contribution in [0.4, 0.5) is 0 Å². The second-order valence-electron chi connectivity index (χ2n) is 4.80. The molecule has 0 fully saturated rings. The van der Waals surface area contributed by atoms with Crippen LogP contribution >= 0.6 is 11.6 Å². The third-order valence-electron chi connectivity index (χ3n) is 3.02. The van der Waals surface area contributed by atoms with Crippen molar-refractivity contribution in [3.8, 4) is 11.5 Å². The van der Waals surface area contributed by atoms with Crippen molar-refractivity contribution >= 4 is 21.6 Å². The Hall–Kier alpha value is -1.76. The van der Waals surface area contributed by atoms with Gasteiger partial charge in [0.15, 0.2) is 0 Å². The fourth-order valence-electron chi connectivity index (χ4n) is 1.89. The summed E-state index contributed by atoms with van der Waals surface area (Å²) in [5.74, 6) is 1.30. The van der Waals surface area contributed by atoms with Gasteiger partial charge in [-0.2, -0.15) is 0 Å². The van der Waals surface area contributed by atoms with Gasteiger partial charge in [-0.15, -0.1) is 0 Å². The van der Waals surface area contributed by atoms with Crippen molar-refractivity contribution in [3.05, 3.63) is 59.1 Å². The van der Waals surface area contributed by atoms with Crippen LogP contribution in [0.15, 0.2) is 48.5 Å². The maximum absolute atomic E-state index is 12.0. The third-order valence-corrected chi connectivity index (χ3v) is 4.63. The minimum Gasteiger partial charge on any atom is -0.497 e. The van der Waals surface area contributed by atoms with Crippen LogP contribution in [0.2, 0.25) is 5.02 Å². The molecule has 0 atom stereocenters. The normalized spacial score (nSPS) is 11.2. The van der Waals surface area contributed by atoms with Gasteiger partial charge >= 0.3 is 0 Å². The van der Waals surface area contributed by atoms with E-state index in [0.717, 1.165) is 5.75 Å². The molecule has 0 aromatic heterocycles. The lowest BCUT2D eigenvalue weighted by atomic mass is 10.2. The second-order valence-corrected chi connectivity index (χ2v) is 7.05. The first kappa shape index (κ1) is 17.6. The van der Waals surface area contributed by atoms with E-state index in [1.165, 1.54) is 0 Å². The zero-order valence-corrected chi connectivity index (χ0v) is 14.2. The van der Waals surface area contributed by atoms with Crippen molar-refractivity contribution in [2.24, 2.45) is 0 Å². The Labute approximate surface area is 141 Å². The first-order valence-electron chi connectivity index (χ1n) is 6.97. The van der Waals surface area contributed by atoms with E-state index in [9.17, 15) is 8.42 Å². The lowest BCUT2D eigenvalue weighted by molar-refractivity contribution is 0.322. The van der Waals surface area contributed by atoms with E-state index in [2.05, 4.69) is 4.72 Å². The van der Waals surface area contributed by atoms with E-state index in [4.69, 9.17) is 21.1 Å². The van der Waals surface area contributed by atoms with Gasteiger partial charge in [-0.3, -0.25) is 0 Å². The summed E-state index contributed by atoms with van der Waals surface area (Å²) < 4.78 is 36.9. The highest BCUT2D eigenvalue weighted by Gasteiger charge is 2.10. The van der Waals surface area contributed by atoms with Crippen molar-refractivity contribution < 1.29 is 17.9 Å². The molecule has 124 valence electrons. The second kappa shape index (κ2) is 8.19. The van der Waals surface area contributed by atoms with Gasteiger partial charge in [-0.25, -0.2) is 13.1 Å². The number of benzene rings is 2. The summed E-state index contributed by atoms with van der Waals surface area (Å²) in [5.41, 5.74) is 0.679. The minimum absolute atomic E-state index is 0.0906. The summed E-state index contributed by atoms with van der Waals surface area (Å²) in [5, 5.41) is 0.576. The van der Waals surface area contributed by atoms with Gasteiger partial charge in [-0.1, -0.05) is 23.7 Å². The Bertz CT molecular complexity index is 715. The molecule has 1 N–H and O–H groups in total. The monoisotopic (exact) mass is 355 g/mol. The Balaban J connectivity index is 1.76. The average molecular weight is 356 g/mol. The molecule has 0 spiro atoms. The zero-order chi connectivity index (χ0) is 16.7. The van der Waals surface area contributed by atoms with Crippen molar-refractivity contribution in [1.29, 1.82) is 0 Å². The van der Waals surface area contributed by atoms with Crippen LogP contribution in [0.1, 0.15) is 5.56 Å². The largest absolute Gasteiger partial charge is 0.497 e. The van der Waals surface area contributed by atoms with Gasteiger partial charge in [0.2, 0.25) is 10.0 Å². The molecule has 23 heavy (non-hydrogen) atoms. The van der Waals surface area contributed by atoms with Crippen LogP contribution in [-0.2, 0) is 15.8 Å². The molecule has 0 saturated heterocycles. The molecule has 5 nitrogen and oxygen atoms in total. The number of sulfonamides is 1. The Morgan fingerprint density at radius 2 is 1.61 bits per heavy atom. The lowest BCUT2D eigenvalue weighted by Gasteiger charge is -2.09. The fourth-order valence-corrected chi connectivity index (χ4v) is 3.14. The first-order valence-corrected chi connectivity index (χ1v) is 9.00. The van der Waals surface area contributed by atoms with E-state index in [1.807, 2.05) is 0 Å². The van der Waals surface area contributed by atoms with Crippen LogP contribution in [-0.4, -0.2) is 28.7 Å². The molecule has 7 heteroatoms. The van der Waals surface area contributed by atoms with Crippen molar-refractivity contribution in [2.75, 3.05) is 20.3 Å². The molecule has 0 aliphatic carbocycles. The van der Waals surface area contributed by atoms with E-state index < -0.39 is 10.0 Å². The topological polar surface area (TPSA) is 64.6 Å². The minimum atomic E-state index is -3.41. The van der Waals surface area contributed by atoms with Crippen molar-refractivity contribution in [1.82, 2.24) is 4.72 Å². The number of rotatable bonds is 8. The summed E-state index contributed by atoms with van der Waals surface area (Å²) >= 11 is 5.77. The number of halogens is 1. The average Bonchev–Trinajstić information content (AvgIpc) is 2.54. The molecule has 0 unspecified atom stereocenters. The van der Waals surface area contributed by atoms with Crippen LogP contribution in [0.5, 0.6) is 11.5 Å². The van der Waals surface area contributed by atoms with Gasteiger partial charge in [0.1, 0.15) is 18.1 Å². The lowest BCUT2D eigenvalue weighted by Crippen LogP contribution is -2.29. The van der Waals surface area contributed by atoms with Crippen molar-refractivity contribution in [2.45, 2.75) is 5.75 Å². The van der Waals surface area contributed by atoms with Gasteiger partial charge in [0.25, 0.3) is 0 Å². The molecule has 0 bridgehead atoms. The predicted octanol–water partition coefficient (Wildman–Crippen LogP) is 2.85. The Morgan fingerprint density at radius 1 is 1.00 bits per heavy atom. The highest BCUT2D eigenvalue weighted by Crippen LogP contribution is 2.16. The van der Waals surface area contributed by atoms with Crippen LogP contribution in [0.3, 0.4) is 0 Å². The fraction of sp³-hybridized carbons (Fsp3) is 0.250. The number of nitrogens with one attached hydrogen (secondary N) is 1. The molecule has 2 rings (SSSR count). The summed E-state index contributed by atoms with van der Waals surface area (Å²) in [7, 11) is -1.82. The van der Waals surface area contributed by atoms with Gasteiger partial charge in [0, 0.05) is 11.6 Å². The smallest absolute Gasteiger partial charge is 0.215 e. The van der Waals surface area contributed by atoms with E-state index in [1.54, 1.807) is 55.6 Å². The van der Waals surface area contributed by atoms with E-state index in [0.29, 0.717) is 16.3 Å². The Kier molecular flexibility index (Phi) is 6.27. The number of hydrogen-bond acceptors (Lipinski definition) is 4. The maximum atomic E-state index is 12.0. The van der Waals surface area contributed by atoms with Crippen LogP contribution in [0, 0.1) is 0 Å². The Morgan fingerprint density at radius 3 is 2.22 bits per heavy atom. The molecule has 0 radical (unpaired) electrons. The molecular weight excluding hydrogens is 338 g/mol. The number of ether oxygens (including phenoxy) is 2. The third kappa shape index (κ3) is 6.09. The molecule has 2 aromatic carbocycles. The number of hydrogen-bond donors (Lipinski definition) is 1. The van der Waals surface area contributed by atoms with Crippen molar-refractivity contribution in [3.63, 3.8) is 0 Å². The molecule has 0 saturated carbocycles. The SMILES string of the molecule is COc1ccc(OCCNS(=O)(=O)Cc2ccc(Cl)cc2)cc1. The molecule has 0 amide bonds. The quantitative estimate of drug-likeness (QED) is 0.739. The van der Waals surface area contributed by atoms with Gasteiger partial charge in [-0.05, 0) is 42.0 Å². The van der Waals surface area contributed by atoms with Crippen LogP contribution in [0.25, 0.3) is 0 Å². The van der Waals surface area contributed by atoms with E-state index >= 15 is 0 Å². The molecule has 0 aliphatic heterocycles. The zero-order valence-electron chi connectivity index (χ0n) is 12.7. The van der Waals surface area contributed by atoms with Gasteiger partial charge in [0.05, 0.1) is 12.9 Å². The summed E-state index contributed by atoms with van der Waals surface area (Å²) in [6.07, 6.45) is 0. The molecular formula is C16H18ClNO4S. The molecule has 2 aromatic rings. The highest BCUT2D eigenvalue weighted by atomic mass is 35.5. The first-order chi connectivity index (χ1) is 11.0. The predicted molar refractivity (Wildman–Crippen MR) is 90.6 cm³/mol. The highest BCUT2D eigenvalue weighted by molar-refractivity contribution is 7.88. The summed E-state index contributed by atoms with van der Waals surface area (Å²) in [6.45, 7) is 0.439.